The Bertz CT molecular complexity index is 1080. The lowest BCUT2D eigenvalue weighted by Crippen LogP contribution is -3.00. The van der Waals surface area contributed by atoms with Gasteiger partial charge in [-0.15, -0.1) is 0 Å². The van der Waals surface area contributed by atoms with Gasteiger partial charge in [0.05, 0.1) is 5.54 Å². The lowest BCUT2D eigenvalue weighted by Gasteiger charge is -2.27. The molecule has 0 bridgehead atoms. The first-order valence-electron chi connectivity index (χ1n) is 9.93. The molecule has 0 aliphatic carbocycles. The molecule has 0 aliphatic rings. The molecule has 0 aliphatic heterocycles. The van der Waals surface area contributed by atoms with Crippen molar-refractivity contribution in [2.45, 2.75) is 0 Å². The van der Waals surface area contributed by atoms with Crippen LogP contribution < -0.4 is 28.3 Å². The summed E-state index contributed by atoms with van der Waals surface area (Å²) >= 11 is 13.2. The van der Waals surface area contributed by atoms with Gasteiger partial charge in [-0.05, 0) is 36.4 Å². The minimum Gasteiger partial charge on any atom is -1.00 e. The van der Waals surface area contributed by atoms with Gasteiger partial charge in [0.15, 0.2) is 7.26 Å². The summed E-state index contributed by atoms with van der Waals surface area (Å²) in [6.07, 6.45) is 0. The molecule has 0 fully saturated rings. The van der Waals surface area contributed by atoms with Crippen LogP contribution in [0.5, 0.6) is 0 Å². The smallest absolute Gasteiger partial charge is 0.211 e. The Kier molecular flexibility index (Phi) is 8.67. The third kappa shape index (κ3) is 4.82. The summed E-state index contributed by atoms with van der Waals surface area (Å²) in [6, 6.07) is 41.1. The van der Waals surface area contributed by atoms with E-state index in [4.69, 9.17) is 28.2 Å². The summed E-state index contributed by atoms with van der Waals surface area (Å²) in [5.41, 5.74) is 3.20. The van der Waals surface area contributed by atoms with Crippen molar-refractivity contribution >= 4 is 51.5 Å². The second-order valence-corrected chi connectivity index (χ2v) is 10.8. The maximum absolute atomic E-state index is 6.72. The SMILES string of the molecule is Cl/C=C(/N=C(\Cl)c1ccccc1)[P+](c1ccccc1)(c1ccccc1)c1ccccc1.[Cl-]. The van der Waals surface area contributed by atoms with Crippen molar-refractivity contribution in [3.05, 3.63) is 138 Å². The molecule has 0 amide bonds. The summed E-state index contributed by atoms with van der Waals surface area (Å²) in [5.74, 6) is 0. The Morgan fingerprint density at radius 2 is 0.938 bits per heavy atom. The maximum Gasteiger partial charge on any atom is 0.211 e. The zero-order chi connectivity index (χ0) is 21.5. The maximum atomic E-state index is 6.72. The molecule has 4 aromatic carbocycles. The van der Waals surface area contributed by atoms with Crippen LogP contribution in [0.2, 0.25) is 0 Å². The van der Waals surface area contributed by atoms with Gasteiger partial charge in [0.2, 0.25) is 5.44 Å². The lowest BCUT2D eigenvalue weighted by atomic mass is 10.2. The summed E-state index contributed by atoms with van der Waals surface area (Å²) in [4.78, 5) is 4.93. The van der Waals surface area contributed by atoms with E-state index >= 15 is 0 Å². The van der Waals surface area contributed by atoms with Gasteiger partial charge in [-0.1, -0.05) is 108 Å². The second-order valence-electron chi connectivity index (χ2n) is 6.91. The zero-order valence-electron chi connectivity index (χ0n) is 17.2. The quantitative estimate of drug-likeness (QED) is 0.285. The van der Waals surface area contributed by atoms with Crippen LogP contribution in [0, 0.1) is 0 Å². The molecule has 0 aromatic heterocycles. The normalized spacial score (nSPS) is 12.2. The minimum atomic E-state index is -2.38. The van der Waals surface area contributed by atoms with E-state index in [-0.39, 0.29) is 12.4 Å². The molecule has 5 heteroatoms. The Morgan fingerprint density at radius 3 is 1.28 bits per heavy atom. The molecule has 0 saturated heterocycles. The van der Waals surface area contributed by atoms with Crippen LogP contribution in [0.3, 0.4) is 0 Å². The molecule has 0 radical (unpaired) electrons. The van der Waals surface area contributed by atoms with Crippen molar-refractivity contribution in [3.8, 4) is 0 Å². The Balaban J connectivity index is 0.00000289. The van der Waals surface area contributed by atoms with Gasteiger partial charge in [0, 0.05) is 5.56 Å². The molecule has 0 spiro atoms. The van der Waals surface area contributed by atoms with Crippen LogP contribution >= 0.6 is 30.5 Å². The van der Waals surface area contributed by atoms with Crippen molar-refractivity contribution in [1.29, 1.82) is 0 Å². The minimum absolute atomic E-state index is 0. The number of benzene rings is 4. The van der Waals surface area contributed by atoms with Gasteiger partial charge >= 0.3 is 0 Å². The molecule has 4 aromatic rings. The van der Waals surface area contributed by atoms with Gasteiger partial charge in [0.1, 0.15) is 21.1 Å². The standard InChI is InChI=1S/C27H21Cl2NP.ClH/c28-21-26(30-27(29)22-13-5-1-6-14-22)31(23-15-7-2-8-16-23,24-17-9-3-10-18-24)25-19-11-4-12-20-25;/h1-21H;1H/q+1;/p-1/b26-21-,30-27-;. The summed E-state index contributed by atoms with van der Waals surface area (Å²) in [7, 11) is -2.38. The molecule has 1 nitrogen and oxygen atoms in total. The first-order valence-corrected chi connectivity index (χ1v) is 12.5. The van der Waals surface area contributed by atoms with E-state index in [1.807, 2.05) is 48.5 Å². The van der Waals surface area contributed by atoms with Crippen molar-refractivity contribution < 1.29 is 12.4 Å². The molecule has 0 heterocycles. The fraction of sp³-hybridized carbons (Fsp3) is 0. The van der Waals surface area contributed by atoms with E-state index in [1.54, 1.807) is 5.54 Å². The van der Waals surface area contributed by atoms with Gasteiger partial charge < -0.3 is 12.4 Å². The van der Waals surface area contributed by atoms with Gasteiger partial charge in [0.25, 0.3) is 0 Å². The highest BCUT2D eigenvalue weighted by Gasteiger charge is 2.50. The topological polar surface area (TPSA) is 12.4 Å². The molecule has 4 rings (SSSR count). The molecule has 0 unspecified atom stereocenters. The van der Waals surface area contributed by atoms with Crippen LogP contribution in [-0.4, -0.2) is 5.17 Å². The number of nitrogens with zero attached hydrogens (tertiary/aromatic N) is 1. The third-order valence-electron chi connectivity index (χ3n) is 5.10. The summed E-state index contributed by atoms with van der Waals surface area (Å²) < 4.78 is 0. The average molecular weight is 497 g/mol. The Hall–Kier alpha value is -2.41. The Labute approximate surface area is 206 Å². The number of hydrogen-bond donors (Lipinski definition) is 0. The van der Waals surface area contributed by atoms with E-state index in [0.29, 0.717) is 5.17 Å². The molecule has 32 heavy (non-hydrogen) atoms. The van der Waals surface area contributed by atoms with Crippen LogP contribution in [0.4, 0.5) is 0 Å². The highest BCUT2D eigenvalue weighted by Crippen LogP contribution is 2.63. The van der Waals surface area contributed by atoms with E-state index in [0.717, 1.165) is 11.0 Å². The molecular weight excluding hydrogens is 476 g/mol. The summed E-state index contributed by atoms with van der Waals surface area (Å²) in [5, 5.41) is 3.92. The monoisotopic (exact) mass is 495 g/mol. The summed E-state index contributed by atoms with van der Waals surface area (Å²) in [6.45, 7) is 0. The van der Waals surface area contributed by atoms with Crippen LogP contribution in [0.1, 0.15) is 5.56 Å². The van der Waals surface area contributed by atoms with Gasteiger partial charge in [-0.2, -0.15) is 4.99 Å². The lowest BCUT2D eigenvalue weighted by molar-refractivity contribution is -0.00000579. The number of rotatable bonds is 6. The number of halogens is 3. The molecule has 160 valence electrons. The first kappa shape index (κ1) is 24.2. The fourth-order valence-corrected chi connectivity index (χ4v) is 8.42. The molecule has 0 atom stereocenters. The largest absolute Gasteiger partial charge is 1.00 e. The van der Waals surface area contributed by atoms with Crippen molar-refractivity contribution in [1.82, 2.24) is 0 Å². The highest BCUT2D eigenvalue weighted by molar-refractivity contribution is 7.99. The van der Waals surface area contributed by atoms with E-state index < -0.39 is 7.26 Å². The number of hydrogen-bond acceptors (Lipinski definition) is 1. The van der Waals surface area contributed by atoms with Crippen LogP contribution in [-0.2, 0) is 0 Å². The highest BCUT2D eigenvalue weighted by atomic mass is 35.5. The van der Waals surface area contributed by atoms with Crippen molar-refractivity contribution in [3.63, 3.8) is 0 Å². The van der Waals surface area contributed by atoms with Crippen LogP contribution in [0.15, 0.2) is 137 Å². The van der Waals surface area contributed by atoms with Crippen molar-refractivity contribution in [2.24, 2.45) is 4.99 Å². The van der Waals surface area contributed by atoms with Crippen molar-refractivity contribution in [2.75, 3.05) is 0 Å². The first-order chi connectivity index (χ1) is 15.3. The van der Waals surface area contributed by atoms with E-state index in [2.05, 4.69) is 72.8 Å². The molecule has 0 N–H and O–H groups in total. The number of aliphatic imine (C=N–C) groups is 1. The van der Waals surface area contributed by atoms with E-state index in [9.17, 15) is 0 Å². The fourth-order valence-electron chi connectivity index (χ4n) is 3.71. The Morgan fingerprint density at radius 1 is 0.594 bits per heavy atom. The van der Waals surface area contributed by atoms with E-state index in [1.165, 1.54) is 15.9 Å². The van der Waals surface area contributed by atoms with Gasteiger partial charge in [-0.25, -0.2) is 0 Å². The predicted octanol–water partition coefficient (Wildman–Crippen LogP) is 3.71. The molecule has 0 saturated carbocycles. The average Bonchev–Trinajstić information content (AvgIpc) is 2.86. The second kappa shape index (κ2) is 11.5. The van der Waals surface area contributed by atoms with Crippen LogP contribution in [0.25, 0.3) is 0 Å². The molecular formula is C27H21Cl3NP. The zero-order valence-corrected chi connectivity index (χ0v) is 20.3. The third-order valence-corrected chi connectivity index (χ3v) is 9.89. The van der Waals surface area contributed by atoms with Gasteiger partial charge in [-0.3, -0.25) is 0 Å². The predicted molar refractivity (Wildman–Crippen MR) is 138 cm³/mol.